The Balaban J connectivity index is 2.10. The van der Waals surface area contributed by atoms with Crippen LogP contribution in [0, 0.1) is 0 Å². The third-order valence-electron chi connectivity index (χ3n) is 3.89. The van der Waals surface area contributed by atoms with Crippen LogP contribution in [0.15, 0.2) is 22.9 Å². The first kappa shape index (κ1) is 17.3. The van der Waals surface area contributed by atoms with E-state index < -0.39 is 0 Å². The SMILES string of the molecule is CSC(=O)N(C)c1c(C(=O)c2cnoc2C2CC2)ccc(Cl)c1Cl. The van der Waals surface area contributed by atoms with Crippen LogP contribution in [0.25, 0.3) is 0 Å². The highest BCUT2D eigenvalue weighted by atomic mass is 35.5. The van der Waals surface area contributed by atoms with Crippen LogP contribution in [-0.4, -0.2) is 29.5 Å². The summed E-state index contributed by atoms with van der Waals surface area (Å²) < 4.78 is 5.24. The van der Waals surface area contributed by atoms with Crippen molar-refractivity contribution in [3.63, 3.8) is 0 Å². The average Bonchev–Trinajstić information content (AvgIpc) is 3.31. The molecule has 0 radical (unpaired) electrons. The third-order valence-corrected chi connectivity index (χ3v) is 5.31. The number of ketones is 1. The van der Waals surface area contributed by atoms with Gasteiger partial charge in [-0.1, -0.05) is 40.1 Å². The summed E-state index contributed by atoms with van der Waals surface area (Å²) in [6.07, 6.45) is 5.03. The first-order valence-electron chi connectivity index (χ1n) is 7.24. The van der Waals surface area contributed by atoms with Crippen LogP contribution >= 0.6 is 35.0 Å². The molecule has 1 aliphatic carbocycles. The van der Waals surface area contributed by atoms with Gasteiger partial charge in [-0.05, 0) is 31.2 Å². The maximum absolute atomic E-state index is 13.0. The smallest absolute Gasteiger partial charge is 0.285 e. The molecule has 1 amide bonds. The number of aromatic nitrogens is 1. The molecule has 3 rings (SSSR count). The molecule has 1 aliphatic rings. The Bertz CT molecular complexity index is 818. The van der Waals surface area contributed by atoms with Gasteiger partial charge in [-0.25, -0.2) is 0 Å². The van der Waals surface area contributed by atoms with E-state index in [2.05, 4.69) is 5.16 Å². The Hall–Kier alpha value is -1.50. The molecule has 0 aliphatic heterocycles. The highest BCUT2D eigenvalue weighted by molar-refractivity contribution is 8.13. The number of anilines is 1. The zero-order valence-electron chi connectivity index (χ0n) is 13.0. The quantitative estimate of drug-likeness (QED) is 0.693. The summed E-state index contributed by atoms with van der Waals surface area (Å²) in [7, 11) is 1.56. The lowest BCUT2D eigenvalue weighted by molar-refractivity contribution is 0.103. The number of rotatable bonds is 4. The van der Waals surface area contributed by atoms with Crippen LogP contribution < -0.4 is 4.90 Å². The van der Waals surface area contributed by atoms with Crippen molar-refractivity contribution in [3.05, 3.63) is 45.3 Å². The first-order valence-corrected chi connectivity index (χ1v) is 9.22. The molecule has 0 unspecified atom stereocenters. The van der Waals surface area contributed by atoms with Crippen LogP contribution in [-0.2, 0) is 0 Å². The molecule has 1 aromatic heterocycles. The number of hydrogen-bond acceptors (Lipinski definition) is 5. The first-order chi connectivity index (χ1) is 11.5. The van der Waals surface area contributed by atoms with Gasteiger partial charge in [0.2, 0.25) is 0 Å². The van der Waals surface area contributed by atoms with E-state index in [9.17, 15) is 9.59 Å². The average molecular weight is 385 g/mol. The molecule has 0 atom stereocenters. The number of nitrogens with zero attached hydrogens (tertiary/aromatic N) is 2. The second-order valence-corrected chi connectivity index (χ2v) is 7.04. The second kappa shape index (κ2) is 6.78. The molecular weight excluding hydrogens is 371 g/mol. The highest BCUT2D eigenvalue weighted by Gasteiger charge is 2.34. The summed E-state index contributed by atoms with van der Waals surface area (Å²) in [6, 6.07) is 3.11. The molecule has 0 N–H and O–H groups in total. The van der Waals surface area contributed by atoms with Gasteiger partial charge in [-0.15, -0.1) is 0 Å². The van der Waals surface area contributed by atoms with Crippen LogP contribution in [0.4, 0.5) is 10.5 Å². The van der Waals surface area contributed by atoms with E-state index >= 15 is 0 Å². The Morgan fingerprint density at radius 1 is 1.29 bits per heavy atom. The second-order valence-electron chi connectivity index (χ2n) is 5.49. The normalized spacial score (nSPS) is 13.8. The van der Waals surface area contributed by atoms with E-state index in [1.165, 1.54) is 11.1 Å². The summed E-state index contributed by atoms with van der Waals surface area (Å²) >= 11 is 13.4. The molecule has 8 heteroatoms. The fraction of sp³-hybridized carbons (Fsp3) is 0.312. The number of benzene rings is 1. The molecule has 1 saturated carbocycles. The van der Waals surface area contributed by atoms with E-state index in [4.69, 9.17) is 27.7 Å². The van der Waals surface area contributed by atoms with E-state index in [0.717, 1.165) is 24.6 Å². The molecule has 126 valence electrons. The Labute approximate surface area is 153 Å². The van der Waals surface area contributed by atoms with Gasteiger partial charge in [0.15, 0.2) is 11.5 Å². The minimum Gasteiger partial charge on any atom is -0.360 e. The van der Waals surface area contributed by atoms with E-state index in [1.54, 1.807) is 25.4 Å². The fourth-order valence-electron chi connectivity index (χ4n) is 2.48. The van der Waals surface area contributed by atoms with Crippen molar-refractivity contribution in [1.29, 1.82) is 0 Å². The lowest BCUT2D eigenvalue weighted by Gasteiger charge is -2.21. The van der Waals surface area contributed by atoms with Crippen LogP contribution in [0.1, 0.15) is 40.4 Å². The zero-order chi connectivity index (χ0) is 17.4. The summed E-state index contributed by atoms with van der Waals surface area (Å²) in [5, 5.41) is 3.95. The largest absolute Gasteiger partial charge is 0.360 e. The Kier molecular flexibility index (Phi) is 4.90. The van der Waals surface area contributed by atoms with Crippen LogP contribution in [0.2, 0.25) is 10.0 Å². The van der Waals surface area contributed by atoms with Crippen molar-refractivity contribution < 1.29 is 14.1 Å². The number of thioether (sulfide) groups is 1. The molecular formula is C16H14Cl2N2O3S. The van der Waals surface area contributed by atoms with Crippen molar-refractivity contribution in [3.8, 4) is 0 Å². The summed E-state index contributed by atoms with van der Waals surface area (Å²) in [5.74, 6) is 0.548. The van der Waals surface area contributed by atoms with Crippen LogP contribution in [0.5, 0.6) is 0 Å². The van der Waals surface area contributed by atoms with Gasteiger partial charge >= 0.3 is 0 Å². The third kappa shape index (κ3) is 3.06. The van der Waals surface area contributed by atoms with Gasteiger partial charge in [-0.2, -0.15) is 0 Å². The van der Waals surface area contributed by atoms with Crippen molar-refractivity contribution in [2.45, 2.75) is 18.8 Å². The highest BCUT2D eigenvalue weighted by Crippen LogP contribution is 2.43. The Morgan fingerprint density at radius 2 is 2.00 bits per heavy atom. The minimum atomic E-state index is -0.285. The fourth-order valence-corrected chi connectivity index (χ4v) is 3.29. The summed E-state index contributed by atoms with van der Waals surface area (Å²) in [4.78, 5) is 26.4. The van der Waals surface area contributed by atoms with Gasteiger partial charge < -0.3 is 9.42 Å². The maximum atomic E-state index is 13.0. The van der Waals surface area contributed by atoms with Gasteiger partial charge in [0.1, 0.15) is 0 Å². The molecule has 2 aromatic rings. The van der Waals surface area contributed by atoms with E-state index in [1.807, 2.05) is 0 Å². The topological polar surface area (TPSA) is 63.4 Å². The van der Waals surface area contributed by atoms with Gasteiger partial charge in [0.05, 0.1) is 27.5 Å². The lowest BCUT2D eigenvalue weighted by atomic mass is 10.0. The van der Waals surface area contributed by atoms with E-state index in [-0.39, 0.29) is 32.7 Å². The number of halogens is 2. The summed E-state index contributed by atoms with van der Waals surface area (Å²) in [5.41, 5.74) is 0.984. The predicted molar refractivity (Wildman–Crippen MR) is 95.7 cm³/mol. The number of carbonyl (C=O) groups is 2. The molecule has 1 fully saturated rings. The summed E-state index contributed by atoms with van der Waals surface area (Å²) in [6.45, 7) is 0. The van der Waals surface area contributed by atoms with Crippen molar-refractivity contribution in [2.24, 2.45) is 0 Å². The predicted octanol–water partition coefficient (Wildman–Crippen LogP) is 5.01. The molecule has 0 spiro atoms. The minimum absolute atomic E-state index is 0.164. The van der Waals surface area contributed by atoms with Gasteiger partial charge in [0, 0.05) is 18.5 Å². The molecule has 5 nitrogen and oxygen atoms in total. The number of amides is 1. The molecule has 0 bridgehead atoms. The molecule has 24 heavy (non-hydrogen) atoms. The zero-order valence-corrected chi connectivity index (χ0v) is 15.3. The van der Waals surface area contributed by atoms with Crippen molar-refractivity contribution in [1.82, 2.24) is 5.16 Å². The molecule has 0 saturated heterocycles. The number of hydrogen-bond donors (Lipinski definition) is 0. The van der Waals surface area contributed by atoms with Gasteiger partial charge in [0.25, 0.3) is 5.24 Å². The van der Waals surface area contributed by atoms with Crippen molar-refractivity contribution >= 4 is 51.7 Å². The van der Waals surface area contributed by atoms with Gasteiger partial charge in [-0.3, -0.25) is 9.59 Å². The lowest BCUT2D eigenvalue weighted by Crippen LogP contribution is -2.24. The monoisotopic (exact) mass is 384 g/mol. The Morgan fingerprint density at radius 3 is 2.62 bits per heavy atom. The molecule has 1 heterocycles. The van der Waals surface area contributed by atoms with Crippen molar-refractivity contribution in [2.75, 3.05) is 18.2 Å². The number of carbonyl (C=O) groups excluding carboxylic acids is 2. The maximum Gasteiger partial charge on any atom is 0.285 e. The van der Waals surface area contributed by atoms with Crippen LogP contribution in [0.3, 0.4) is 0 Å². The standard InChI is InChI=1S/C16H14Cl2N2O3S/c1-20(16(22)24-2)13-9(5-6-11(17)12(13)18)14(21)10-7-19-23-15(10)8-3-4-8/h5-8H,3-4H2,1-2H3. The van der Waals surface area contributed by atoms with E-state index in [0.29, 0.717) is 16.9 Å². The molecule has 1 aromatic carbocycles.